The van der Waals surface area contributed by atoms with E-state index in [-0.39, 0.29) is 17.4 Å². The maximum absolute atomic E-state index is 12.0. The number of hydrogen-bond acceptors (Lipinski definition) is 6. The number of benzene rings is 2. The standard InChI is InChI=1S/C25H25N5O2S2/c1-2-14-29-24(20-13-15-34(31,32)18-20)26-27-25(29)33-17-21-16-30(22-11-7-4-8-12-22)28-23(21)19-9-5-3-6-10-19/h2-12,16,20H,1,13-15,17-18H2/t20-/m0/s1. The molecule has 7 nitrogen and oxygen atoms in total. The summed E-state index contributed by atoms with van der Waals surface area (Å²) in [5, 5.41) is 14.4. The zero-order chi connectivity index (χ0) is 23.5. The van der Waals surface area contributed by atoms with Crippen molar-refractivity contribution in [3.63, 3.8) is 0 Å². The van der Waals surface area contributed by atoms with Crippen LogP contribution in [0.2, 0.25) is 0 Å². The second-order valence-corrected chi connectivity index (χ2v) is 11.4. The first-order valence-corrected chi connectivity index (χ1v) is 13.9. The van der Waals surface area contributed by atoms with Gasteiger partial charge in [-0.3, -0.25) is 0 Å². The number of allylic oxidation sites excluding steroid dienone is 1. The molecule has 9 heteroatoms. The van der Waals surface area contributed by atoms with Gasteiger partial charge < -0.3 is 4.57 Å². The molecule has 34 heavy (non-hydrogen) atoms. The van der Waals surface area contributed by atoms with Crippen LogP contribution in [0.1, 0.15) is 23.7 Å². The van der Waals surface area contributed by atoms with E-state index in [1.54, 1.807) is 17.8 Å². The van der Waals surface area contributed by atoms with Crippen molar-refractivity contribution in [2.24, 2.45) is 0 Å². The van der Waals surface area contributed by atoms with Crippen molar-refractivity contribution >= 4 is 21.6 Å². The summed E-state index contributed by atoms with van der Waals surface area (Å²) in [5.74, 6) is 1.60. The quantitative estimate of drug-likeness (QED) is 0.266. The van der Waals surface area contributed by atoms with Crippen molar-refractivity contribution in [3.8, 4) is 16.9 Å². The summed E-state index contributed by atoms with van der Waals surface area (Å²) in [6.07, 6.45) is 4.44. The van der Waals surface area contributed by atoms with E-state index in [0.717, 1.165) is 33.5 Å². The Labute approximate surface area is 203 Å². The van der Waals surface area contributed by atoms with Crippen molar-refractivity contribution in [1.29, 1.82) is 0 Å². The van der Waals surface area contributed by atoms with Crippen LogP contribution >= 0.6 is 11.8 Å². The van der Waals surface area contributed by atoms with E-state index in [0.29, 0.717) is 18.7 Å². The predicted octanol–water partition coefficient (Wildman–Crippen LogP) is 4.51. The molecule has 0 amide bonds. The minimum Gasteiger partial charge on any atom is -0.302 e. The fraction of sp³-hybridized carbons (Fsp3) is 0.240. The maximum Gasteiger partial charge on any atom is 0.191 e. The zero-order valence-corrected chi connectivity index (χ0v) is 20.3. The summed E-state index contributed by atoms with van der Waals surface area (Å²) in [7, 11) is -3.01. The number of sulfone groups is 1. The third-order valence-electron chi connectivity index (χ3n) is 5.87. The number of nitrogens with zero attached hydrogens (tertiary/aromatic N) is 5. The average Bonchev–Trinajstić information content (AvgIpc) is 3.56. The molecule has 2 aromatic carbocycles. The van der Waals surface area contributed by atoms with E-state index in [1.807, 2.05) is 57.8 Å². The summed E-state index contributed by atoms with van der Waals surface area (Å²) in [4.78, 5) is 0. The molecular weight excluding hydrogens is 466 g/mol. The molecule has 0 spiro atoms. The van der Waals surface area contributed by atoms with Crippen LogP contribution in [0.5, 0.6) is 0 Å². The highest BCUT2D eigenvalue weighted by Crippen LogP contribution is 2.33. The van der Waals surface area contributed by atoms with E-state index >= 15 is 0 Å². The second kappa shape index (κ2) is 9.60. The first kappa shape index (κ1) is 22.6. The average molecular weight is 492 g/mol. The van der Waals surface area contributed by atoms with Crippen LogP contribution in [0.25, 0.3) is 16.9 Å². The SMILES string of the molecule is C=CCn1c(SCc2cn(-c3ccccc3)nc2-c2ccccc2)nnc1[C@H]1CCS(=O)(=O)C1. The summed E-state index contributed by atoms with van der Waals surface area (Å²) in [6, 6.07) is 20.2. The Morgan fingerprint density at radius 3 is 2.47 bits per heavy atom. The van der Waals surface area contributed by atoms with Gasteiger partial charge in [-0.2, -0.15) is 5.10 Å². The van der Waals surface area contributed by atoms with E-state index in [1.165, 1.54) is 0 Å². The summed E-state index contributed by atoms with van der Waals surface area (Å²) < 4.78 is 27.9. The van der Waals surface area contributed by atoms with Crippen molar-refractivity contribution in [2.75, 3.05) is 11.5 Å². The molecule has 0 N–H and O–H groups in total. The summed E-state index contributed by atoms with van der Waals surface area (Å²) >= 11 is 1.58. The molecule has 0 unspecified atom stereocenters. The lowest BCUT2D eigenvalue weighted by molar-refractivity contribution is 0.597. The molecule has 1 aliphatic rings. The Morgan fingerprint density at radius 1 is 1.06 bits per heavy atom. The molecule has 0 saturated carbocycles. The number of thioether (sulfide) groups is 1. The molecule has 5 rings (SSSR count). The van der Waals surface area contributed by atoms with E-state index in [2.05, 4.69) is 35.1 Å². The molecule has 4 aromatic rings. The van der Waals surface area contributed by atoms with Gasteiger partial charge in [0, 0.05) is 35.5 Å². The van der Waals surface area contributed by atoms with Crippen LogP contribution in [-0.2, 0) is 22.1 Å². The lowest BCUT2D eigenvalue weighted by Gasteiger charge is -2.11. The fourth-order valence-corrected chi connectivity index (χ4v) is 6.88. The Hall–Kier alpha value is -3.17. The highest BCUT2D eigenvalue weighted by molar-refractivity contribution is 7.98. The molecule has 3 heterocycles. The van der Waals surface area contributed by atoms with Gasteiger partial charge in [-0.15, -0.1) is 16.8 Å². The normalized spacial score (nSPS) is 17.1. The van der Waals surface area contributed by atoms with Gasteiger partial charge in [-0.25, -0.2) is 13.1 Å². The largest absolute Gasteiger partial charge is 0.302 e. The van der Waals surface area contributed by atoms with E-state index in [9.17, 15) is 8.42 Å². The Morgan fingerprint density at radius 2 is 1.79 bits per heavy atom. The van der Waals surface area contributed by atoms with Crippen molar-refractivity contribution < 1.29 is 8.42 Å². The second-order valence-electron chi connectivity index (χ2n) is 8.28. The molecule has 0 radical (unpaired) electrons. The number of rotatable bonds is 8. The van der Waals surface area contributed by atoms with Crippen LogP contribution < -0.4 is 0 Å². The summed E-state index contributed by atoms with van der Waals surface area (Å²) in [6.45, 7) is 4.40. The molecule has 2 aromatic heterocycles. The van der Waals surface area contributed by atoms with Gasteiger partial charge in [0.2, 0.25) is 0 Å². The zero-order valence-electron chi connectivity index (χ0n) is 18.6. The van der Waals surface area contributed by atoms with Gasteiger partial charge >= 0.3 is 0 Å². The number of hydrogen-bond donors (Lipinski definition) is 0. The lowest BCUT2D eigenvalue weighted by Crippen LogP contribution is -2.11. The molecule has 174 valence electrons. The van der Waals surface area contributed by atoms with E-state index < -0.39 is 9.84 Å². The first-order chi connectivity index (χ1) is 16.5. The highest BCUT2D eigenvalue weighted by Gasteiger charge is 2.33. The van der Waals surface area contributed by atoms with Crippen molar-refractivity contribution in [2.45, 2.75) is 29.8 Å². The third-order valence-corrected chi connectivity index (χ3v) is 8.65. The van der Waals surface area contributed by atoms with Gasteiger partial charge in [-0.05, 0) is 18.6 Å². The van der Waals surface area contributed by atoms with Gasteiger partial charge in [0.05, 0.1) is 22.9 Å². The van der Waals surface area contributed by atoms with Crippen LogP contribution in [-0.4, -0.2) is 44.5 Å². The molecule has 1 aliphatic heterocycles. The maximum atomic E-state index is 12.0. The molecule has 1 atom stereocenters. The molecule has 0 aliphatic carbocycles. The predicted molar refractivity (Wildman–Crippen MR) is 135 cm³/mol. The fourth-order valence-electron chi connectivity index (χ4n) is 4.22. The van der Waals surface area contributed by atoms with Gasteiger partial charge in [0.25, 0.3) is 0 Å². The van der Waals surface area contributed by atoms with Gasteiger partial charge in [-0.1, -0.05) is 66.4 Å². The Bertz CT molecular complexity index is 1400. The molecule has 1 saturated heterocycles. The van der Waals surface area contributed by atoms with Crippen LogP contribution in [0.4, 0.5) is 0 Å². The van der Waals surface area contributed by atoms with Crippen molar-refractivity contribution in [1.82, 2.24) is 24.5 Å². The van der Waals surface area contributed by atoms with Gasteiger partial charge in [0.15, 0.2) is 15.0 Å². The number of para-hydroxylation sites is 1. The minimum atomic E-state index is -3.01. The molecule has 0 bridgehead atoms. The monoisotopic (exact) mass is 491 g/mol. The minimum absolute atomic E-state index is 0.118. The Balaban J connectivity index is 1.45. The van der Waals surface area contributed by atoms with Crippen LogP contribution in [0.3, 0.4) is 0 Å². The van der Waals surface area contributed by atoms with Crippen LogP contribution in [0.15, 0.2) is 84.7 Å². The Kier molecular flexibility index (Phi) is 6.38. The van der Waals surface area contributed by atoms with Crippen molar-refractivity contribution in [3.05, 3.63) is 90.9 Å². The molecule has 1 fully saturated rings. The number of aromatic nitrogens is 5. The first-order valence-electron chi connectivity index (χ1n) is 11.1. The van der Waals surface area contributed by atoms with Gasteiger partial charge in [0.1, 0.15) is 5.82 Å². The smallest absolute Gasteiger partial charge is 0.191 e. The highest BCUT2D eigenvalue weighted by atomic mass is 32.2. The third kappa shape index (κ3) is 4.71. The topological polar surface area (TPSA) is 82.7 Å². The van der Waals surface area contributed by atoms with E-state index in [4.69, 9.17) is 5.10 Å². The summed E-state index contributed by atoms with van der Waals surface area (Å²) in [5.41, 5.74) is 4.06. The van der Waals surface area contributed by atoms with Crippen LogP contribution in [0, 0.1) is 0 Å². The lowest BCUT2D eigenvalue weighted by atomic mass is 10.1. The molecular formula is C25H25N5O2S2.